The van der Waals surface area contributed by atoms with Crippen molar-refractivity contribution in [2.45, 2.75) is 32.4 Å². The molecule has 0 aliphatic carbocycles. The van der Waals surface area contributed by atoms with E-state index >= 15 is 0 Å². The van der Waals surface area contributed by atoms with Crippen LogP contribution in [0.1, 0.15) is 20.8 Å². The van der Waals surface area contributed by atoms with Crippen LogP contribution < -0.4 is 5.32 Å². The number of nitrogens with zero attached hydrogens (tertiary/aromatic N) is 3. The van der Waals surface area contributed by atoms with Crippen LogP contribution in [0.5, 0.6) is 0 Å². The average Bonchev–Trinajstić information content (AvgIpc) is 2.91. The Balaban J connectivity index is 1.76. The Hall–Kier alpha value is -1.18. The smallest absolute Gasteiger partial charge is 0.254 e. The van der Waals surface area contributed by atoms with Gasteiger partial charge < -0.3 is 24.8 Å². The van der Waals surface area contributed by atoms with Gasteiger partial charge in [0.25, 0.3) is 5.90 Å². The summed E-state index contributed by atoms with van der Waals surface area (Å²) in [6.07, 6.45) is -0.571. The van der Waals surface area contributed by atoms with Gasteiger partial charge in [0.2, 0.25) is 0 Å². The minimum absolute atomic E-state index is 0.0216. The van der Waals surface area contributed by atoms with E-state index in [0.29, 0.717) is 32.3 Å². The van der Waals surface area contributed by atoms with Gasteiger partial charge in [-0.2, -0.15) is 0 Å². The molecule has 2 heterocycles. The fourth-order valence-electron chi connectivity index (χ4n) is 2.08. The standard InChI is InChI=1S/C14H26N4O3/c1-14(2,3)17-8-11(19)9-21-13-12(15-10-16-13)18-4-6-20-7-5-18/h11,17,19H,4-10H2,1-3H3/t11-/m0/s1. The largest absolute Gasteiger partial charge is 0.472 e. The van der Waals surface area contributed by atoms with E-state index in [1.54, 1.807) is 0 Å². The molecule has 0 aromatic carbocycles. The lowest BCUT2D eigenvalue weighted by Crippen LogP contribution is -2.45. The molecule has 2 N–H and O–H groups in total. The number of amidine groups is 1. The lowest BCUT2D eigenvalue weighted by Gasteiger charge is -2.29. The molecule has 0 aromatic rings. The summed E-state index contributed by atoms with van der Waals surface area (Å²) in [5.41, 5.74) is -0.0216. The van der Waals surface area contributed by atoms with E-state index in [-0.39, 0.29) is 12.1 Å². The van der Waals surface area contributed by atoms with Gasteiger partial charge in [0.05, 0.1) is 13.2 Å². The van der Waals surface area contributed by atoms with Gasteiger partial charge in [0.15, 0.2) is 5.84 Å². The van der Waals surface area contributed by atoms with Crippen molar-refractivity contribution in [3.05, 3.63) is 0 Å². The van der Waals surface area contributed by atoms with E-state index in [1.807, 2.05) is 0 Å². The molecular weight excluding hydrogens is 272 g/mol. The van der Waals surface area contributed by atoms with Crippen LogP contribution in [0.15, 0.2) is 9.98 Å². The van der Waals surface area contributed by atoms with E-state index in [0.717, 1.165) is 18.9 Å². The SMILES string of the molecule is CC(C)(C)NC[C@H](O)COC1=NCN=C1N1CCOCC1. The summed E-state index contributed by atoms with van der Waals surface area (Å²) >= 11 is 0. The molecule has 0 bridgehead atoms. The highest BCUT2D eigenvalue weighted by molar-refractivity contribution is 6.38. The normalized spacial score (nSPS) is 21.0. The Morgan fingerprint density at radius 1 is 1.33 bits per heavy atom. The first kappa shape index (κ1) is 16.2. The predicted molar refractivity (Wildman–Crippen MR) is 81.8 cm³/mol. The Bertz CT molecular complexity index is 398. The number of aliphatic imine (C=N–C) groups is 2. The van der Waals surface area contributed by atoms with E-state index in [2.05, 4.69) is 41.0 Å². The summed E-state index contributed by atoms with van der Waals surface area (Å²) in [5.74, 6) is 1.32. The van der Waals surface area contributed by atoms with Crippen molar-refractivity contribution in [2.75, 3.05) is 46.1 Å². The number of rotatable bonds is 4. The number of aliphatic hydroxyl groups is 1. The Morgan fingerprint density at radius 3 is 2.71 bits per heavy atom. The molecule has 1 saturated heterocycles. The van der Waals surface area contributed by atoms with Gasteiger partial charge in [0, 0.05) is 25.2 Å². The number of morpholine rings is 1. The summed E-state index contributed by atoms with van der Waals surface area (Å²) in [7, 11) is 0. The van der Waals surface area contributed by atoms with E-state index < -0.39 is 6.10 Å². The van der Waals surface area contributed by atoms with Crippen LogP contribution in [0.3, 0.4) is 0 Å². The number of hydrogen-bond donors (Lipinski definition) is 2. The third-order valence-corrected chi connectivity index (χ3v) is 3.22. The van der Waals surface area contributed by atoms with E-state index in [1.165, 1.54) is 0 Å². The monoisotopic (exact) mass is 298 g/mol. The highest BCUT2D eigenvalue weighted by atomic mass is 16.5. The fourth-order valence-corrected chi connectivity index (χ4v) is 2.08. The molecule has 0 spiro atoms. The van der Waals surface area contributed by atoms with Crippen LogP contribution in [-0.2, 0) is 9.47 Å². The zero-order valence-electron chi connectivity index (χ0n) is 13.1. The van der Waals surface area contributed by atoms with Gasteiger partial charge in [-0.25, -0.2) is 9.98 Å². The molecule has 21 heavy (non-hydrogen) atoms. The Morgan fingerprint density at radius 2 is 2.05 bits per heavy atom. The summed E-state index contributed by atoms with van der Waals surface area (Å²) in [5, 5.41) is 13.2. The van der Waals surface area contributed by atoms with Gasteiger partial charge >= 0.3 is 0 Å². The van der Waals surface area contributed by atoms with Gasteiger partial charge in [0.1, 0.15) is 19.4 Å². The van der Waals surface area contributed by atoms with Crippen molar-refractivity contribution in [1.82, 2.24) is 10.2 Å². The number of nitrogens with one attached hydrogen (secondary N) is 1. The van der Waals surface area contributed by atoms with Crippen molar-refractivity contribution in [2.24, 2.45) is 9.98 Å². The number of hydrogen-bond acceptors (Lipinski definition) is 7. The predicted octanol–water partition coefficient (Wildman–Crippen LogP) is -0.148. The van der Waals surface area contributed by atoms with Gasteiger partial charge in [-0.05, 0) is 20.8 Å². The summed E-state index contributed by atoms with van der Waals surface area (Å²) in [4.78, 5) is 10.7. The van der Waals surface area contributed by atoms with Crippen LogP contribution in [0, 0.1) is 0 Å². The van der Waals surface area contributed by atoms with Crippen molar-refractivity contribution >= 4 is 11.7 Å². The van der Waals surface area contributed by atoms with Crippen molar-refractivity contribution < 1.29 is 14.6 Å². The van der Waals surface area contributed by atoms with Gasteiger partial charge in [-0.1, -0.05) is 0 Å². The summed E-state index contributed by atoms with van der Waals surface area (Å²) in [6.45, 7) is 10.3. The maximum Gasteiger partial charge on any atom is 0.254 e. The van der Waals surface area contributed by atoms with Crippen LogP contribution in [0.4, 0.5) is 0 Å². The minimum atomic E-state index is -0.571. The van der Waals surface area contributed by atoms with Gasteiger partial charge in [-0.3, -0.25) is 0 Å². The number of aliphatic hydroxyl groups excluding tert-OH is 1. The quantitative estimate of drug-likeness (QED) is 0.755. The molecular formula is C14H26N4O3. The summed E-state index contributed by atoms with van der Waals surface area (Å²) in [6, 6.07) is 0. The second kappa shape index (κ2) is 7.20. The number of ether oxygens (including phenoxy) is 2. The first-order valence-corrected chi connectivity index (χ1v) is 7.43. The van der Waals surface area contributed by atoms with Crippen LogP contribution in [0.2, 0.25) is 0 Å². The van der Waals surface area contributed by atoms with E-state index in [4.69, 9.17) is 9.47 Å². The molecule has 1 atom stereocenters. The summed E-state index contributed by atoms with van der Waals surface area (Å²) < 4.78 is 11.0. The highest BCUT2D eigenvalue weighted by Crippen LogP contribution is 2.07. The molecule has 0 unspecified atom stereocenters. The maximum absolute atomic E-state index is 9.95. The molecule has 0 saturated carbocycles. The van der Waals surface area contributed by atoms with Crippen LogP contribution in [0.25, 0.3) is 0 Å². The third-order valence-electron chi connectivity index (χ3n) is 3.22. The van der Waals surface area contributed by atoms with Crippen molar-refractivity contribution in [3.63, 3.8) is 0 Å². The third kappa shape index (κ3) is 5.26. The Labute approximate surface area is 126 Å². The van der Waals surface area contributed by atoms with Gasteiger partial charge in [-0.15, -0.1) is 0 Å². The first-order chi connectivity index (χ1) is 9.96. The lowest BCUT2D eigenvalue weighted by atomic mass is 10.1. The highest BCUT2D eigenvalue weighted by Gasteiger charge is 2.24. The topological polar surface area (TPSA) is 78.7 Å². The van der Waals surface area contributed by atoms with Crippen LogP contribution >= 0.6 is 0 Å². The molecule has 7 heteroatoms. The second-order valence-electron chi connectivity index (χ2n) is 6.28. The zero-order chi connectivity index (χ0) is 15.3. The molecule has 0 amide bonds. The zero-order valence-corrected chi connectivity index (χ0v) is 13.1. The first-order valence-electron chi connectivity index (χ1n) is 7.43. The molecule has 1 fully saturated rings. The number of β-amino-alcohol motifs (C(OH)–C–C–N with tert-alkyl or cyclic N) is 1. The molecule has 0 aromatic heterocycles. The Kier molecular flexibility index (Phi) is 5.55. The maximum atomic E-state index is 9.95. The molecule has 0 radical (unpaired) electrons. The van der Waals surface area contributed by atoms with Crippen molar-refractivity contribution in [3.8, 4) is 0 Å². The fraction of sp³-hybridized carbons (Fsp3) is 0.857. The average molecular weight is 298 g/mol. The molecule has 7 nitrogen and oxygen atoms in total. The van der Waals surface area contributed by atoms with Crippen LogP contribution in [-0.4, -0.2) is 79.5 Å². The molecule has 2 aliphatic heterocycles. The van der Waals surface area contributed by atoms with E-state index in [9.17, 15) is 5.11 Å². The second-order valence-corrected chi connectivity index (χ2v) is 6.28. The van der Waals surface area contributed by atoms with Crippen molar-refractivity contribution in [1.29, 1.82) is 0 Å². The lowest BCUT2D eigenvalue weighted by molar-refractivity contribution is 0.0671. The molecule has 2 aliphatic rings. The minimum Gasteiger partial charge on any atom is -0.472 e. The molecule has 120 valence electrons. The molecule has 2 rings (SSSR count).